The second kappa shape index (κ2) is 10.5. The highest BCUT2D eigenvalue weighted by Crippen LogP contribution is 2.31. The molecule has 1 aromatic heterocycles. The van der Waals surface area contributed by atoms with E-state index in [0.29, 0.717) is 19.6 Å². The number of benzene rings is 2. The maximum absolute atomic E-state index is 12.8. The summed E-state index contributed by atoms with van der Waals surface area (Å²) in [5, 5.41) is 7.69. The fraction of sp³-hybridized carbons (Fsp3) is 0.385. The molecule has 1 aliphatic heterocycles. The fourth-order valence-corrected chi connectivity index (χ4v) is 4.16. The Balaban J connectivity index is 1.34. The lowest BCUT2D eigenvalue weighted by molar-refractivity contribution is -0.116. The number of nitrogens with zero attached hydrogens (tertiary/aromatic N) is 3. The molecule has 7 heteroatoms. The molecule has 174 valence electrons. The lowest BCUT2D eigenvalue weighted by atomic mass is 10.2. The first kappa shape index (κ1) is 22.9. The number of rotatable bonds is 9. The Hall–Kier alpha value is -3.32. The van der Waals surface area contributed by atoms with Crippen LogP contribution in [-0.4, -0.2) is 52.9 Å². The van der Waals surface area contributed by atoms with Crippen molar-refractivity contribution in [2.24, 2.45) is 0 Å². The summed E-state index contributed by atoms with van der Waals surface area (Å²) in [4.78, 5) is 15.1. The molecule has 0 radical (unpaired) electrons. The van der Waals surface area contributed by atoms with E-state index in [0.717, 1.165) is 53.8 Å². The molecule has 1 atom stereocenters. The lowest BCUT2D eigenvalue weighted by Crippen LogP contribution is -2.42. The Kier molecular flexibility index (Phi) is 7.29. The van der Waals surface area contributed by atoms with Crippen LogP contribution in [0.15, 0.2) is 54.6 Å². The highest BCUT2D eigenvalue weighted by atomic mass is 16.6. The first-order valence-corrected chi connectivity index (χ1v) is 11.6. The second-order valence-corrected chi connectivity index (χ2v) is 8.39. The number of fused-ring (bicyclic) bond motifs is 1. The third-order valence-corrected chi connectivity index (χ3v) is 5.78. The largest absolute Gasteiger partial charge is 0.486 e. The quantitative estimate of drug-likeness (QED) is 0.526. The highest BCUT2D eigenvalue weighted by molar-refractivity contribution is 5.92. The molecule has 2 heterocycles. The summed E-state index contributed by atoms with van der Waals surface area (Å²) in [5.41, 5.74) is 3.49. The molecule has 1 amide bonds. The molecule has 0 saturated heterocycles. The van der Waals surface area contributed by atoms with Crippen LogP contribution in [0.4, 0.5) is 5.69 Å². The number of nitrogens with one attached hydrogen (secondary N) is 1. The molecular formula is C26H32N4O3. The molecule has 1 N–H and O–H groups in total. The van der Waals surface area contributed by atoms with Crippen molar-refractivity contribution in [1.29, 1.82) is 0 Å². The zero-order valence-corrected chi connectivity index (χ0v) is 19.6. The summed E-state index contributed by atoms with van der Waals surface area (Å²) in [6.07, 6.45) is 1.36. The second-order valence-electron chi connectivity index (χ2n) is 8.39. The molecule has 4 rings (SSSR count). The van der Waals surface area contributed by atoms with Crippen LogP contribution in [0.5, 0.6) is 11.5 Å². The molecular weight excluding hydrogens is 416 g/mol. The van der Waals surface area contributed by atoms with E-state index in [1.807, 2.05) is 73.1 Å². The zero-order chi connectivity index (χ0) is 23.2. The monoisotopic (exact) mass is 448 g/mol. The van der Waals surface area contributed by atoms with Crippen LogP contribution in [0.25, 0.3) is 5.69 Å². The molecule has 2 aromatic carbocycles. The van der Waals surface area contributed by atoms with Gasteiger partial charge in [-0.25, -0.2) is 4.68 Å². The number of carbonyl (C=O) groups excluding carboxylic acids is 1. The first-order valence-electron chi connectivity index (χ1n) is 11.6. The van der Waals surface area contributed by atoms with Gasteiger partial charge < -0.3 is 14.8 Å². The Morgan fingerprint density at radius 3 is 2.58 bits per heavy atom. The van der Waals surface area contributed by atoms with E-state index in [2.05, 4.69) is 22.2 Å². The van der Waals surface area contributed by atoms with Crippen molar-refractivity contribution >= 4 is 11.6 Å². The minimum atomic E-state index is -0.0527. The molecule has 0 aliphatic carbocycles. The average Bonchev–Trinajstić information content (AvgIpc) is 3.11. The van der Waals surface area contributed by atoms with E-state index in [-0.39, 0.29) is 12.0 Å². The normalized spacial score (nSPS) is 15.0. The maximum atomic E-state index is 12.8. The number of hydrogen-bond acceptors (Lipinski definition) is 5. The first-order chi connectivity index (χ1) is 16.0. The van der Waals surface area contributed by atoms with Crippen LogP contribution in [-0.2, 0) is 4.79 Å². The predicted molar refractivity (Wildman–Crippen MR) is 129 cm³/mol. The van der Waals surface area contributed by atoms with Gasteiger partial charge in [0.05, 0.1) is 22.8 Å². The molecule has 0 saturated carbocycles. The van der Waals surface area contributed by atoms with Crippen LogP contribution in [0.2, 0.25) is 0 Å². The number of hydrogen-bond donors (Lipinski definition) is 1. The van der Waals surface area contributed by atoms with Crippen molar-refractivity contribution in [2.45, 2.75) is 39.7 Å². The van der Waals surface area contributed by atoms with Gasteiger partial charge in [-0.15, -0.1) is 0 Å². The van der Waals surface area contributed by atoms with Gasteiger partial charge >= 0.3 is 0 Å². The van der Waals surface area contributed by atoms with E-state index in [4.69, 9.17) is 9.47 Å². The minimum Gasteiger partial charge on any atom is -0.486 e. The van der Waals surface area contributed by atoms with Gasteiger partial charge in [0.25, 0.3) is 0 Å². The number of carbonyl (C=O) groups is 1. The zero-order valence-electron chi connectivity index (χ0n) is 19.6. The van der Waals surface area contributed by atoms with Crippen LogP contribution in [0.1, 0.15) is 31.2 Å². The van der Waals surface area contributed by atoms with Crippen LogP contribution >= 0.6 is 0 Å². The number of para-hydroxylation sites is 3. The summed E-state index contributed by atoms with van der Waals surface area (Å²) in [5.74, 6) is 1.56. The average molecular weight is 449 g/mol. The highest BCUT2D eigenvalue weighted by Gasteiger charge is 2.23. The minimum absolute atomic E-state index is 0.0129. The maximum Gasteiger partial charge on any atom is 0.225 e. The number of aromatic nitrogens is 2. The van der Waals surface area contributed by atoms with E-state index in [9.17, 15) is 4.79 Å². The summed E-state index contributed by atoms with van der Waals surface area (Å²) in [7, 11) is 0. The van der Waals surface area contributed by atoms with E-state index in [1.54, 1.807) is 0 Å². The van der Waals surface area contributed by atoms with Gasteiger partial charge in [-0.2, -0.15) is 5.10 Å². The van der Waals surface area contributed by atoms with Crippen molar-refractivity contribution in [1.82, 2.24) is 14.7 Å². The number of amides is 1. The van der Waals surface area contributed by atoms with Crippen molar-refractivity contribution in [2.75, 3.05) is 31.6 Å². The number of anilines is 1. The summed E-state index contributed by atoms with van der Waals surface area (Å²) in [6.45, 7) is 8.84. The Morgan fingerprint density at radius 1 is 1.09 bits per heavy atom. The Labute approximate surface area is 195 Å². The van der Waals surface area contributed by atoms with E-state index in [1.165, 1.54) is 0 Å². The lowest BCUT2D eigenvalue weighted by Gasteiger charge is -2.31. The summed E-state index contributed by atoms with van der Waals surface area (Å²) in [6, 6.07) is 17.7. The van der Waals surface area contributed by atoms with Crippen LogP contribution < -0.4 is 14.8 Å². The van der Waals surface area contributed by atoms with Crippen molar-refractivity contribution in [3.8, 4) is 17.2 Å². The standard InChI is InChI=1S/C26H32N4O3/c1-4-15-29(17-22-18-32-23-12-8-9-13-24(23)33-22)16-14-25(31)27-26-19(2)28-30(20(26)3)21-10-6-5-7-11-21/h5-13,22H,4,14-18H2,1-3H3,(H,27,31). The van der Waals surface area contributed by atoms with Crippen molar-refractivity contribution in [3.05, 3.63) is 66.0 Å². The Morgan fingerprint density at radius 2 is 1.82 bits per heavy atom. The van der Waals surface area contributed by atoms with Crippen LogP contribution in [0.3, 0.4) is 0 Å². The predicted octanol–water partition coefficient (Wildman–Crippen LogP) is 4.37. The molecule has 1 unspecified atom stereocenters. The smallest absolute Gasteiger partial charge is 0.225 e. The third kappa shape index (κ3) is 5.54. The summed E-state index contributed by atoms with van der Waals surface area (Å²) < 4.78 is 13.8. The molecule has 33 heavy (non-hydrogen) atoms. The third-order valence-electron chi connectivity index (χ3n) is 5.78. The van der Waals surface area contributed by atoms with Gasteiger partial charge in [0.2, 0.25) is 5.91 Å². The molecule has 7 nitrogen and oxygen atoms in total. The molecule has 1 aliphatic rings. The van der Waals surface area contributed by atoms with Gasteiger partial charge in [-0.05, 0) is 51.1 Å². The van der Waals surface area contributed by atoms with Gasteiger partial charge in [-0.1, -0.05) is 37.3 Å². The van der Waals surface area contributed by atoms with Crippen molar-refractivity contribution in [3.63, 3.8) is 0 Å². The number of aryl methyl sites for hydroxylation is 1. The molecule has 0 spiro atoms. The molecule has 0 bridgehead atoms. The topological polar surface area (TPSA) is 68.6 Å². The molecule has 3 aromatic rings. The van der Waals surface area contributed by atoms with Crippen molar-refractivity contribution < 1.29 is 14.3 Å². The van der Waals surface area contributed by atoms with Gasteiger partial charge in [-0.3, -0.25) is 9.69 Å². The fourth-order valence-electron chi connectivity index (χ4n) is 4.16. The molecule has 0 fully saturated rings. The van der Waals surface area contributed by atoms with Gasteiger partial charge in [0.15, 0.2) is 11.5 Å². The van der Waals surface area contributed by atoms with E-state index < -0.39 is 0 Å². The SMILES string of the molecule is CCCN(CCC(=O)Nc1c(C)nn(-c2ccccc2)c1C)CC1COc2ccccc2O1. The van der Waals surface area contributed by atoms with E-state index >= 15 is 0 Å². The van der Waals surface area contributed by atoms with Gasteiger partial charge in [0.1, 0.15) is 12.7 Å². The van der Waals surface area contributed by atoms with Gasteiger partial charge in [0, 0.05) is 19.5 Å². The van der Waals surface area contributed by atoms with Crippen LogP contribution in [0, 0.1) is 13.8 Å². The summed E-state index contributed by atoms with van der Waals surface area (Å²) >= 11 is 0. The number of ether oxygens (including phenoxy) is 2. The Bertz CT molecular complexity index is 1080.